The van der Waals surface area contributed by atoms with Gasteiger partial charge in [0, 0.05) is 5.10 Å². The molecule has 0 unspecified atom stereocenters. The fraction of sp³-hybridized carbons (Fsp3) is 0.111. The molecule has 0 aromatic carbocycles. The van der Waals surface area contributed by atoms with Crippen LogP contribution in [0.1, 0.15) is 5.89 Å². The fourth-order valence-corrected chi connectivity index (χ4v) is 2.04. The molecule has 0 fully saturated rings. The van der Waals surface area contributed by atoms with E-state index in [4.69, 9.17) is 4.42 Å². The van der Waals surface area contributed by atoms with E-state index in [1.807, 2.05) is 17.5 Å². The lowest BCUT2D eigenvalue weighted by atomic mass is 10.5. The largest absolute Gasteiger partial charge is 0.490 e. The molecule has 0 amide bonds. The minimum atomic E-state index is -0.665. The zero-order valence-corrected chi connectivity index (χ0v) is 10.1. The summed E-state index contributed by atoms with van der Waals surface area (Å²) < 4.78 is 6.70. The van der Waals surface area contributed by atoms with Crippen molar-refractivity contribution in [3.8, 4) is 10.8 Å². The van der Waals surface area contributed by atoms with Gasteiger partial charge in [0.15, 0.2) is 0 Å². The first kappa shape index (κ1) is 11.5. The maximum absolute atomic E-state index is 10.4. The normalized spacial score (nSPS) is 10.7. The lowest BCUT2D eigenvalue weighted by molar-refractivity contribution is -0.394. The van der Waals surface area contributed by atoms with Gasteiger partial charge in [-0.3, -0.25) is 0 Å². The summed E-state index contributed by atoms with van der Waals surface area (Å²) in [5.41, 5.74) is 0. The summed E-state index contributed by atoms with van der Waals surface area (Å²) >= 11 is 1.48. The van der Waals surface area contributed by atoms with Crippen LogP contribution in [0.15, 0.2) is 28.3 Å². The molecule has 0 saturated heterocycles. The lowest BCUT2D eigenvalue weighted by Gasteiger charge is -1.89. The second-order valence-corrected chi connectivity index (χ2v) is 4.43. The Bertz CT molecular complexity index is 703. The van der Waals surface area contributed by atoms with E-state index in [-0.39, 0.29) is 6.54 Å². The van der Waals surface area contributed by atoms with Crippen molar-refractivity contribution in [2.24, 2.45) is 0 Å². The molecule has 0 atom stereocenters. The molecule has 0 N–H and O–H groups in total. The Balaban J connectivity index is 1.78. The predicted octanol–water partition coefficient (Wildman–Crippen LogP) is 1.35. The summed E-state index contributed by atoms with van der Waals surface area (Å²) in [4.78, 5) is 14.2. The van der Waals surface area contributed by atoms with E-state index in [0.29, 0.717) is 11.8 Å². The maximum atomic E-state index is 10.4. The van der Waals surface area contributed by atoms with Gasteiger partial charge in [0.05, 0.1) is 4.88 Å². The molecule has 10 heteroatoms. The topological polar surface area (TPSA) is 113 Å². The SMILES string of the molecule is O=[N+]([O-])c1ncn(Cc2nnc(-c3cccs3)o2)n1. The van der Waals surface area contributed by atoms with Crippen LogP contribution in [-0.2, 0) is 6.54 Å². The van der Waals surface area contributed by atoms with Crippen LogP contribution in [0.3, 0.4) is 0 Å². The molecule has 0 aliphatic carbocycles. The summed E-state index contributed by atoms with van der Waals surface area (Å²) in [6, 6.07) is 3.74. The molecule has 3 heterocycles. The smallest absolute Gasteiger partial charge is 0.418 e. The Hall–Kier alpha value is -2.62. The molecule has 19 heavy (non-hydrogen) atoms. The van der Waals surface area contributed by atoms with E-state index in [9.17, 15) is 10.1 Å². The lowest BCUT2D eigenvalue weighted by Crippen LogP contribution is -2.01. The molecule has 0 aliphatic heterocycles. The number of aromatic nitrogens is 5. The van der Waals surface area contributed by atoms with Crippen LogP contribution in [0.25, 0.3) is 10.8 Å². The Morgan fingerprint density at radius 1 is 1.47 bits per heavy atom. The average molecular weight is 278 g/mol. The molecular weight excluding hydrogens is 272 g/mol. The van der Waals surface area contributed by atoms with Gasteiger partial charge in [-0.1, -0.05) is 11.1 Å². The van der Waals surface area contributed by atoms with Crippen molar-refractivity contribution < 1.29 is 9.34 Å². The van der Waals surface area contributed by atoms with Crippen LogP contribution in [0.2, 0.25) is 0 Å². The second-order valence-electron chi connectivity index (χ2n) is 3.48. The predicted molar refractivity (Wildman–Crippen MR) is 63.4 cm³/mol. The fourth-order valence-electron chi connectivity index (χ4n) is 1.40. The number of hydrogen-bond acceptors (Lipinski definition) is 8. The van der Waals surface area contributed by atoms with Crippen LogP contribution in [0, 0.1) is 10.1 Å². The highest BCUT2D eigenvalue weighted by molar-refractivity contribution is 7.13. The number of hydrogen-bond donors (Lipinski definition) is 0. The van der Waals surface area contributed by atoms with Gasteiger partial charge < -0.3 is 14.5 Å². The number of nitro groups is 1. The molecule has 0 aliphatic rings. The molecule has 9 nitrogen and oxygen atoms in total. The molecule has 0 bridgehead atoms. The first-order chi connectivity index (χ1) is 9.22. The third kappa shape index (κ3) is 2.33. The van der Waals surface area contributed by atoms with Crippen LogP contribution < -0.4 is 0 Å². The molecule has 3 aromatic heterocycles. The van der Waals surface area contributed by atoms with Crippen molar-refractivity contribution in [2.45, 2.75) is 6.54 Å². The van der Waals surface area contributed by atoms with E-state index in [1.54, 1.807) is 0 Å². The highest BCUT2D eigenvalue weighted by Gasteiger charge is 2.16. The second kappa shape index (κ2) is 4.57. The van der Waals surface area contributed by atoms with E-state index in [2.05, 4.69) is 20.3 Å². The van der Waals surface area contributed by atoms with Crippen molar-refractivity contribution >= 4 is 17.3 Å². The average Bonchev–Trinajstić information content (AvgIpc) is 3.09. The molecule has 3 rings (SSSR count). The number of nitrogens with zero attached hydrogens (tertiary/aromatic N) is 6. The van der Waals surface area contributed by atoms with Crippen LogP contribution >= 0.6 is 11.3 Å². The van der Waals surface area contributed by atoms with E-state index >= 15 is 0 Å². The Morgan fingerprint density at radius 2 is 2.37 bits per heavy atom. The highest BCUT2D eigenvalue weighted by atomic mass is 32.1. The standard InChI is InChI=1S/C9H6N6O3S/c16-15(17)9-10-5-14(13-9)4-7-11-12-8(18-7)6-2-1-3-19-6/h1-3,5H,4H2. The van der Waals surface area contributed by atoms with E-state index < -0.39 is 10.9 Å². The van der Waals surface area contributed by atoms with Gasteiger partial charge in [-0.25, -0.2) is 0 Å². The van der Waals surface area contributed by atoms with Gasteiger partial charge in [0.25, 0.3) is 5.89 Å². The summed E-state index contributed by atoms with van der Waals surface area (Å²) in [6.45, 7) is 0.138. The van der Waals surface area contributed by atoms with E-state index in [0.717, 1.165) is 4.88 Å². The molecule has 3 aromatic rings. The molecule has 0 radical (unpaired) electrons. The summed E-state index contributed by atoms with van der Waals surface area (Å²) in [5.74, 6) is 0.265. The first-order valence-electron chi connectivity index (χ1n) is 5.12. The van der Waals surface area contributed by atoms with Gasteiger partial charge >= 0.3 is 5.95 Å². The third-order valence-electron chi connectivity index (χ3n) is 2.18. The molecular formula is C9H6N6O3S. The number of rotatable bonds is 4. The molecule has 96 valence electrons. The van der Waals surface area contributed by atoms with Crippen LogP contribution in [0.4, 0.5) is 5.95 Å². The molecule has 0 saturated carbocycles. The van der Waals surface area contributed by atoms with Gasteiger partial charge in [-0.05, 0) is 16.4 Å². The Morgan fingerprint density at radius 3 is 3.05 bits per heavy atom. The zero-order valence-electron chi connectivity index (χ0n) is 9.33. The highest BCUT2D eigenvalue weighted by Crippen LogP contribution is 2.23. The van der Waals surface area contributed by atoms with Crippen molar-refractivity contribution in [3.63, 3.8) is 0 Å². The maximum Gasteiger partial charge on any atom is 0.490 e. The Kier molecular flexibility index (Phi) is 2.76. The van der Waals surface area contributed by atoms with Gasteiger partial charge in [0.2, 0.25) is 12.2 Å². The van der Waals surface area contributed by atoms with Crippen molar-refractivity contribution in [3.05, 3.63) is 39.8 Å². The number of thiophene rings is 1. The van der Waals surface area contributed by atoms with Crippen molar-refractivity contribution in [1.82, 2.24) is 25.0 Å². The first-order valence-corrected chi connectivity index (χ1v) is 6.00. The van der Waals surface area contributed by atoms with Gasteiger partial charge in [-0.2, -0.15) is 4.68 Å². The van der Waals surface area contributed by atoms with Crippen molar-refractivity contribution in [2.75, 3.05) is 0 Å². The zero-order chi connectivity index (χ0) is 13.2. The Labute approximate surface area is 109 Å². The quantitative estimate of drug-likeness (QED) is 0.522. The van der Waals surface area contributed by atoms with Gasteiger partial charge in [0.1, 0.15) is 6.54 Å². The summed E-state index contributed by atoms with van der Waals surface area (Å²) in [6.07, 6.45) is 1.24. The van der Waals surface area contributed by atoms with E-state index in [1.165, 1.54) is 22.3 Å². The minimum absolute atomic E-state index is 0.138. The van der Waals surface area contributed by atoms with Crippen LogP contribution in [-0.4, -0.2) is 29.9 Å². The third-order valence-corrected chi connectivity index (χ3v) is 3.04. The molecule has 0 spiro atoms. The van der Waals surface area contributed by atoms with Gasteiger partial charge in [-0.15, -0.1) is 21.5 Å². The van der Waals surface area contributed by atoms with Crippen LogP contribution in [0.5, 0.6) is 0 Å². The van der Waals surface area contributed by atoms with Crippen molar-refractivity contribution in [1.29, 1.82) is 0 Å². The minimum Gasteiger partial charge on any atom is -0.418 e. The monoisotopic (exact) mass is 278 g/mol. The summed E-state index contributed by atoms with van der Waals surface area (Å²) in [5, 5.41) is 23.8. The summed E-state index contributed by atoms with van der Waals surface area (Å²) in [7, 11) is 0.